The summed E-state index contributed by atoms with van der Waals surface area (Å²) < 4.78 is 8.00. The molecule has 3 rings (SSSR count). The molecule has 0 fully saturated rings. The van der Waals surface area contributed by atoms with Crippen molar-refractivity contribution < 1.29 is 9.53 Å². The molecule has 2 N–H and O–H groups in total. The van der Waals surface area contributed by atoms with Gasteiger partial charge in [-0.15, -0.1) is 10.2 Å². The Balaban J connectivity index is 1.50. The van der Waals surface area contributed by atoms with Crippen molar-refractivity contribution in [2.24, 2.45) is 7.05 Å². The van der Waals surface area contributed by atoms with Gasteiger partial charge in [-0.05, 0) is 48.5 Å². The van der Waals surface area contributed by atoms with E-state index in [1.54, 1.807) is 7.11 Å². The quantitative estimate of drug-likeness (QED) is 0.494. The van der Waals surface area contributed by atoms with Gasteiger partial charge in [0.15, 0.2) is 11.0 Å². The summed E-state index contributed by atoms with van der Waals surface area (Å²) in [6.07, 6.45) is 0. The minimum absolute atomic E-state index is 0.0896. The number of rotatable bonds is 8. The average molecular weight is 462 g/mol. The Kier molecular flexibility index (Phi) is 6.94. The third-order valence-electron chi connectivity index (χ3n) is 3.93. The van der Waals surface area contributed by atoms with Crippen molar-refractivity contribution in [3.05, 3.63) is 58.8 Å². The summed E-state index contributed by atoms with van der Waals surface area (Å²) in [4.78, 5) is 12.1. The van der Waals surface area contributed by atoms with Crippen LogP contribution in [0.15, 0.2) is 58.2 Å². The first kappa shape index (κ1) is 20.2. The van der Waals surface area contributed by atoms with Gasteiger partial charge >= 0.3 is 0 Å². The zero-order valence-corrected chi connectivity index (χ0v) is 17.9. The fourth-order valence-electron chi connectivity index (χ4n) is 2.38. The van der Waals surface area contributed by atoms with Crippen LogP contribution in [0.3, 0.4) is 0 Å². The molecule has 0 bridgehead atoms. The first-order valence-corrected chi connectivity index (χ1v) is 10.3. The summed E-state index contributed by atoms with van der Waals surface area (Å²) in [5.74, 6) is 1.76. The van der Waals surface area contributed by atoms with Gasteiger partial charge in [-0.3, -0.25) is 4.79 Å². The topological polar surface area (TPSA) is 81.1 Å². The molecule has 0 saturated heterocycles. The van der Waals surface area contributed by atoms with E-state index in [9.17, 15) is 4.79 Å². The van der Waals surface area contributed by atoms with Crippen molar-refractivity contribution >= 4 is 45.0 Å². The molecule has 0 aliphatic heterocycles. The number of halogens is 1. The van der Waals surface area contributed by atoms with E-state index in [0.29, 0.717) is 11.7 Å². The number of methoxy groups -OCH3 is 1. The van der Waals surface area contributed by atoms with Gasteiger partial charge < -0.3 is 19.9 Å². The van der Waals surface area contributed by atoms with Gasteiger partial charge in [-0.1, -0.05) is 27.7 Å². The molecule has 2 aromatic carbocycles. The van der Waals surface area contributed by atoms with Gasteiger partial charge in [0.25, 0.3) is 0 Å². The zero-order chi connectivity index (χ0) is 19.9. The Morgan fingerprint density at radius 1 is 1.11 bits per heavy atom. The lowest BCUT2D eigenvalue weighted by atomic mass is 10.3. The van der Waals surface area contributed by atoms with Gasteiger partial charge in [-0.2, -0.15) is 0 Å². The number of amides is 1. The second kappa shape index (κ2) is 9.61. The van der Waals surface area contributed by atoms with Crippen molar-refractivity contribution in [3.8, 4) is 5.75 Å². The summed E-state index contributed by atoms with van der Waals surface area (Å²) in [6, 6.07) is 15.1. The number of hydrogen-bond donors (Lipinski definition) is 2. The van der Waals surface area contributed by atoms with Gasteiger partial charge in [0.2, 0.25) is 5.91 Å². The molecule has 0 saturated carbocycles. The van der Waals surface area contributed by atoms with E-state index in [-0.39, 0.29) is 11.7 Å². The van der Waals surface area contributed by atoms with Crippen LogP contribution in [-0.4, -0.2) is 33.5 Å². The minimum Gasteiger partial charge on any atom is -0.497 e. The van der Waals surface area contributed by atoms with Crippen LogP contribution in [0.25, 0.3) is 0 Å². The molecular weight excluding hydrogens is 442 g/mol. The molecule has 0 aliphatic carbocycles. The third kappa shape index (κ3) is 5.49. The van der Waals surface area contributed by atoms with Crippen molar-refractivity contribution in [2.75, 3.05) is 23.5 Å². The molecule has 0 unspecified atom stereocenters. The van der Waals surface area contributed by atoms with Crippen LogP contribution in [0.1, 0.15) is 5.82 Å². The molecule has 0 aliphatic rings. The maximum atomic E-state index is 12.1. The lowest BCUT2D eigenvalue weighted by molar-refractivity contribution is -0.113. The second-order valence-corrected chi connectivity index (χ2v) is 7.74. The van der Waals surface area contributed by atoms with E-state index in [4.69, 9.17) is 4.74 Å². The monoisotopic (exact) mass is 461 g/mol. The highest BCUT2D eigenvalue weighted by molar-refractivity contribution is 9.10. The number of benzene rings is 2. The molecule has 146 valence electrons. The Morgan fingerprint density at radius 3 is 2.46 bits per heavy atom. The van der Waals surface area contributed by atoms with Gasteiger partial charge in [-0.25, -0.2) is 0 Å². The number of carbonyl (C=O) groups is 1. The molecule has 28 heavy (non-hydrogen) atoms. The summed E-state index contributed by atoms with van der Waals surface area (Å²) >= 11 is 4.72. The Morgan fingerprint density at radius 2 is 1.79 bits per heavy atom. The molecule has 7 nitrogen and oxygen atoms in total. The summed E-state index contributed by atoms with van der Waals surface area (Å²) in [6.45, 7) is 0.529. The lowest BCUT2D eigenvalue weighted by Gasteiger charge is -2.08. The number of anilines is 2. The van der Waals surface area contributed by atoms with Crippen LogP contribution in [0.5, 0.6) is 5.75 Å². The maximum Gasteiger partial charge on any atom is 0.234 e. The first-order chi connectivity index (χ1) is 13.5. The molecule has 9 heteroatoms. The van der Waals surface area contributed by atoms with E-state index >= 15 is 0 Å². The van der Waals surface area contributed by atoms with Crippen LogP contribution in [0.2, 0.25) is 0 Å². The van der Waals surface area contributed by atoms with Crippen LogP contribution >= 0.6 is 27.7 Å². The van der Waals surface area contributed by atoms with E-state index in [1.165, 1.54) is 11.8 Å². The maximum absolute atomic E-state index is 12.1. The van der Waals surface area contributed by atoms with Crippen molar-refractivity contribution in [1.29, 1.82) is 0 Å². The Labute approximate surface area is 176 Å². The number of carbonyl (C=O) groups excluding carboxylic acids is 1. The molecule has 0 spiro atoms. The standard InChI is InChI=1S/C19H20BrN5O2S/c1-25-17(11-21-14-7-9-16(27-2)10-8-14)23-24-19(25)28-12-18(26)22-15-5-3-13(20)4-6-15/h3-10,21H,11-12H2,1-2H3,(H,22,26). The molecule has 1 aromatic heterocycles. The SMILES string of the molecule is COc1ccc(NCc2nnc(SCC(=O)Nc3ccc(Br)cc3)n2C)cc1. The van der Waals surface area contributed by atoms with E-state index in [2.05, 4.69) is 36.8 Å². The van der Waals surface area contributed by atoms with E-state index in [1.807, 2.05) is 60.1 Å². The lowest BCUT2D eigenvalue weighted by Crippen LogP contribution is -2.14. The van der Waals surface area contributed by atoms with Crippen molar-refractivity contribution in [2.45, 2.75) is 11.7 Å². The van der Waals surface area contributed by atoms with E-state index < -0.39 is 0 Å². The number of thioether (sulfide) groups is 1. The fourth-order valence-corrected chi connectivity index (χ4v) is 3.37. The molecule has 0 atom stereocenters. The minimum atomic E-state index is -0.0896. The molecule has 0 radical (unpaired) electrons. The van der Waals surface area contributed by atoms with Crippen molar-refractivity contribution in [1.82, 2.24) is 14.8 Å². The Bertz CT molecular complexity index is 929. The van der Waals surface area contributed by atoms with Crippen LogP contribution in [-0.2, 0) is 18.4 Å². The molecule has 3 aromatic rings. The number of hydrogen-bond acceptors (Lipinski definition) is 6. The van der Waals surface area contributed by atoms with Crippen LogP contribution < -0.4 is 15.4 Å². The highest BCUT2D eigenvalue weighted by Crippen LogP contribution is 2.19. The highest BCUT2D eigenvalue weighted by atomic mass is 79.9. The smallest absolute Gasteiger partial charge is 0.234 e. The highest BCUT2D eigenvalue weighted by Gasteiger charge is 2.11. The number of ether oxygens (including phenoxy) is 1. The molecular formula is C19H20BrN5O2S. The normalized spacial score (nSPS) is 10.5. The summed E-state index contributed by atoms with van der Waals surface area (Å²) in [5.41, 5.74) is 1.73. The second-order valence-electron chi connectivity index (χ2n) is 5.88. The summed E-state index contributed by atoms with van der Waals surface area (Å²) in [5, 5.41) is 15.2. The van der Waals surface area contributed by atoms with Crippen LogP contribution in [0.4, 0.5) is 11.4 Å². The molecule has 1 heterocycles. The number of nitrogens with zero attached hydrogens (tertiary/aromatic N) is 3. The van der Waals surface area contributed by atoms with Gasteiger partial charge in [0.05, 0.1) is 19.4 Å². The zero-order valence-electron chi connectivity index (χ0n) is 15.5. The third-order valence-corrected chi connectivity index (χ3v) is 5.47. The van der Waals surface area contributed by atoms with Gasteiger partial charge in [0.1, 0.15) is 5.75 Å². The van der Waals surface area contributed by atoms with E-state index in [0.717, 1.165) is 27.4 Å². The first-order valence-electron chi connectivity index (χ1n) is 8.49. The van der Waals surface area contributed by atoms with Crippen molar-refractivity contribution in [3.63, 3.8) is 0 Å². The van der Waals surface area contributed by atoms with Crippen LogP contribution in [0, 0.1) is 0 Å². The Hall–Kier alpha value is -2.52. The number of aromatic nitrogens is 3. The number of nitrogens with one attached hydrogen (secondary N) is 2. The van der Waals surface area contributed by atoms with Gasteiger partial charge in [0, 0.05) is 22.9 Å². The predicted molar refractivity (Wildman–Crippen MR) is 115 cm³/mol. The molecule has 1 amide bonds. The summed E-state index contributed by atoms with van der Waals surface area (Å²) in [7, 11) is 3.53. The predicted octanol–water partition coefficient (Wildman–Crippen LogP) is 3.93. The largest absolute Gasteiger partial charge is 0.497 e. The average Bonchev–Trinajstić information content (AvgIpc) is 3.06. The fraction of sp³-hybridized carbons (Fsp3) is 0.211.